The van der Waals surface area contributed by atoms with E-state index in [9.17, 15) is 4.39 Å². The molecule has 0 aliphatic heterocycles. The molecule has 0 saturated heterocycles. The zero-order valence-electron chi connectivity index (χ0n) is 11.2. The Balaban J connectivity index is 2.25. The lowest BCUT2D eigenvalue weighted by molar-refractivity contribution is 0.546. The minimum atomic E-state index is -0.209. The maximum absolute atomic E-state index is 13.5. The largest absolute Gasteiger partial charge is 0.310 e. The Morgan fingerprint density at radius 2 is 1.90 bits per heavy atom. The first-order valence-electron chi connectivity index (χ1n) is 6.52. The van der Waals surface area contributed by atoms with Crippen molar-refractivity contribution in [3.8, 4) is 0 Å². The number of hydrogen-bond donors (Lipinski definition) is 1. The Bertz CT molecular complexity index is 566. The molecule has 2 aromatic carbocycles. The minimum absolute atomic E-state index is 0.172. The molecule has 0 amide bonds. The summed E-state index contributed by atoms with van der Waals surface area (Å²) in [5.74, 6) is -0.209. The molecule has 0 radical (unpaired) electrons. The summed E-state index contributed by atoms with van der Waals surface area (Å²) < 4.78 is 15.3. The lowest BCUT2D eigenvalue weighted by Gasteiger charge is -2.19. The van der Waals surface area contributed by atoms with E-state index in [0.29, 0.717) is 0 Å². The minimum Gasteiger partial charge on any atom is -0.310 e. The molecule has 0 fully saturated rings. The van der Waals surface area contributed by atoms with E-state index in [1.807, 2.05) is 18.2 Å². The van der Waals surface area contributed by atoms with Gasteiger partial charge in [-0.2, -0.15) is 0 Å². The molecule has 0 saturated carbocycles. The van der Waals surface area contributed by atoms with E-state index in [4.69, 9.17) is 0 Å². The Morgan fingerprint density at radius 1 is 1.10 bits per heavy atom. The molecule has 1 nitrogen and oxygen atoms in total. The van der Waals surface area contributed by atoms with E-state index in [0.717, 1.165) is 27.5 Å². The summed E-state index contributed by atoms with van der Waals surface area (Å²) in [7, 11) is 0. The molecular formula is C16H16Br2FN. The summed E-state index contributed by atoms with van der Waals surface area (Å²) in [6.07, 6.45) is 0.751. The van der Waals surface area contributed by atoms with E-state index in [1.165, 1.54) is 11.6 Å². The third-order valence-electron chi connectivity index (χ3n) is 3.06. The van der Waals surface area contributed by atoms with Crippen molar-refractivity contribution in [2.75, 3.05) is 6.54 Å². The van der Waals surface area contributed by atoms with Gasteiger partial charge in [0.2, 0.25) is 0 Å². The summed E-state index contributed by atoms with van der Waals surface area (Å²) in [4.78, 5) is 0. The number of hydrogen-bond acceptors (Lipinski definition) is 1. The molecule has 1 N–H and O–H groups in total. The molecule has 0 spiro atoms. The van der Waals surface area contributed by atoms with Crippen molar-refractivity contribution < 1.29 is 4.39 Å². The second-order valence-electron chi connectivity index (χ2n) is 4.65. The number of rotatable bonds is 5. The number of likely N-dealkylation sites (N-methyl/N-ethyl adjacent to an activating group) is 1. The molecule has 20 heavy (non-hydrogen) atoms. The highest BCUT2D eigenvalue weighted by atomic mass is 79.9. The quantitative estimate of drug-likeness (QED) is 0.723. The van der Waals surface area contributed by atoms with Gasteiger partial charge in [0, 0.05) is 15.0 Å². The zero-order chi connectivity index (χ0) is 14.5. The Kier molecular flexibility index (Phi) is 5.75. The molecule has 2 aromatic rings. The zero-order valence-corrected chi connectivity index (χ0v) is 14.3. The maximum atomic E-state index is 13.5. The Labute approximate surface area is 135 Å². The molecule has 1 atom stereocenters. The van der Waals surface area contributed by atoms with Crippen LogP contribution in [0.1, 0.15) is 24.1 Å². The van der Waals surface area contributed by atoms with Crippen LogP contribution >= 0.6 is 31.9 Å². The highest BCUT2D eigenvalue weighted by Crippen LogP contribution is 2.24. The van der Waals surface area contributed by atoms with Crippen LogP contribution in [0, 0.1) is 5.82 Å². The van der Waals surface area contributed by atoms with Crippen LogP contribution in [0.5, 0.6) is 0 Å². The van der Waals surface area contributed by atoms with Crippen molar-refractivity contribution in [1.82, 2.24) is 5.32 Å². The van der Waals surface area contributed by atoms with Gasteiger partial charge in [0.05, 0.1) is 0 Å². The van der Waals surface area contributed by atoms with Crippen LogP contribution in [-0.2, 0) is 6.42 Å². The number of benzene rings is 2. The van der Waals surface area contributed by atoms with Gasteiger partial charge < -0.3 is 5.32 Å². The lowest BCUT2D eigenvalue weighted by Crippen LogP contribution is -2.23. The molecule has 2 rings (SSSR count). The van der Waals surface area contributed by atoms with Gasteiger partial charge >= 0.3 is 0 Å². The van der Waals surface area contributed by atoms with Crippen LogP contribution in [0.4, 0.5) is 4.39 Å². The standard InChI is InChI=1S/C16H16Br2FN/c1-2-20-16(12-4-3-5-13(17)9-12)8-11-6-14(18)10-15(19)7-11/h3-7,9-10,16,20H,2,8H2,1H3. The number of halogens is 3. The SMILES string of the molecule is CCNC(Cc1cc(F)cc(Br)c1)c1cccc(Br)c1. The summed E-state index contributed by atoms with van der Waals surface area (Å²) >= 11 is 6.84. The van der Waals surface area contributed by atoms with Gasteiger partial charge in [0.25, 0.3) is 0 Å². The second-order valence-corrected chi connectivity index (χ2v) is 6.48. The van der Waals surface area contributed by atoms with E-state index < -0.39 is 0 Å². The Hall–Kier alpha value is -0.710. The third kappa shape index (κ3) is 4.40. The van der Waals surface area contributed by atoms with Crippen molar-refractivity contribution >= 4 is 31.9 Å². The van der Waals surface area contributed by atoms with Gasteiger partial charge in [-0.1, -0.05) is 50.9 Å². The van der Waals surface area contributed by atoms with Crippen LogP contribution in [0.15, 0.2) is 51.4 Å². The van der Waals surface area contributed by atoms with E-state index in [1.54, 1.807) is 6.07 Å². The van der Waals surface area contributed by atoms with Gasteiger partial charge in [-0.05, 0) is 54.4 Å². The van der Waals surface area contributed by atoms with Crippen LogP contribution in [0.3, 0.4) is 0 Å². The molecule has 4 heteroatoms. The molecule has 106 valence electrons. The smallest absolute Gasteiger partial charge is 0.124 e. The highest BCUT2D eigenvalue weighted by Gasteiger charge is 2.12. The molecule has 0 heterocycles. The summed E-state index contributed by atoms with van der Waals surface area (Å²) in [6.45, 7) is 2.94. The molecule has 0 aliphatic carbocycles. The van der Waals surface area contributed by atoms with Gasteiger partial charge in [-0.15, -0.1) is 0 Å². The van der Waals surface area contributed by atoms with Crippen molar-refractivity contribution in [2.45, 2.75) is 19.4 Å². The molecule has 0 aliphatic rings. The van der Waals surface area contributed by atoms with E-state index in [2.05, 4.69) is 56.2 Å². The fourth-order valence-corrected chi connectivity index (χ4v) is 3.17. The fraction of sp³-hybridized carbons (Fsp3) is 0.250. The van der Waals surface area contributed by atoms with Crippen molar-refractivity contribution in [3.05, 3.63) is 68.4 Å². The second kappa shape index (κ2) is 7.34. The monoisotopic (exact) mass is 399 g/mol. The molecular weight excluding hydrogens is 385 g/mol. The van der Waals surface area contributed by atoms with E-state index in [-0.39, 0.29) is 11.9 Å². The van der Waals surface area contributed by atoms with E-state index >= 15 is 0 Å². The Morgan fingerprint density at radius 3 is 2.55 bits per heavy atom. The predicted octanol–water partition coefficient (Wildman–Crippen LogP) is 5.24. The van der Waals surface area contributed by atoms with Crippen molar-refractivity contribution in [1.29, 1.82) is 0 Å². The van der Waals surface area contributed by atoms with Crippen LogP contribution in [0.2, 0.25) is 0 Å². The number of nitrogens with one attached hydrogen (secondary N) is 1. The lowest BCUT2D eigenvalue weighted by atomic mass is 9.99. The van der Waals surface area contributed by atoms with Gasteiger partial charge in [0.15, 0.2) is 0 Å². The first kappa shape index (κ1) is 15.7. The van der Waals surface area contributed by atoms with Crippen molar-refractivity contribution in [2.24, 2.45) is 0 Å². The predicted molar refractivity (Wildman–Crippen MR) is 88.4 cm³/mol. The average Bonchev–Trinajstić information content (AvgIpc) is 2.37. The first-order chi connectivity index (χ1) is 9.58. The van der Waals surface area contributed by atoms with Gasteiger partial charge in [0.1, 0.15) is 5.82 Å². The summed E-state index contributed by atoms with van der Waals surface area (Å²) in [5.41, 5.74) is 2.17. The van der Waals surface area contributed by atoms with Crippen LogP contribution < -0.4 is 5.32 Å². The van der Waals surface area contributed by atoms with Crippen LogP contribution in [-0.4, -0.2) is 6.54 Å². The van der Waals surface area contributed by atoms with Crippen LogP contribution in [0.25, 0.3) is 0 Å². The molecule has 0 bridgehead atoms. The van der Waals surface area contributed by atoms with Crippen molar-refractivity contribution in [3.63, 3.8) is 0 Å². The van der Waals surface area contributed by atoms with Gasteiger partial charge in [-0.25, -0.2) is 4.39 Å². The summed E-state index contributed by atoms with van der Waals surface area (Å²) in [6, 6.07) is 13.4. The topological polar surface area (TPSA) is 12.0 Å². The average molecular weight is 401 g/mol. The van der Waals surface area contributed by atoms with Gasteiger partial charge in [-0.3, -0.25) is 0 Å². The highest BCUT2D eigenvalue weighted by molar-refractivity contribution is 9.10. The first-order valence-corrected chi connectivity index (χ1v) is 8.11. The molecule has 1 unspecified atom stereocenters. The maximum Gasteiger partial charge on any atom is 0.124 e. The molecule has 0 aromatic heterocycles. The fourth-order valence-electron chi connectivity index (χ4n) is 2.24. The summed E-state index contributed by atoms with van der Waals surface area (Å²) in [5, 5.41) is 3.45. The normalized spacial score (nSPS) is 12.4. The third-order valence-corrected chi connectivity index (χ3v) is 4.01.